The molecule has 0 radical (unpaired) electrons. The summed E-state index contributed by atoms with van der Waals surface area (Å²) in [6, 6.07) is 20.4. The Kier molecular flexibility index (Phi) is 3.82. The molecule has 3 aliphatic carbocycles. The predicted octanol–water partition coefficient (Wildman–Crippen LogP) is 3.67. The van der Waals surface area contributed by atoms with Gasteiger partial charge in [0.2, 0.25) is 11.8 Å². The third-order valence-electron chi connectivity index (χ3n) is 7.39. The standard InChI is InChI=1S/C26H18N2O5/c1-14(29)15-10-12-16(13-11-15)27-24(30)22-21-17-6-2-4-8-19(17)26(28(32)33,23(22)25(27)31)20-9-5-3-7-18(20)21/h2-13,21-23H,1H3/t21?,22-,23-,26?/m1/s1. The maximum atomic E-state index is 13.8. The molecule has 1 aliphatic heterocycles. The van der Waals surface area contributed by atoms with Gasteiger partial charge in [0.05, 0.1) is 11.6 Å². The van der Waals surface area contributed by atoms with Gasteiger partial charge in [0.25, 0.3) is 5.54 Å². The summed E-state index contributed by atoms with van der Waals surface area (Å²) in [5, 5.41) is 12.9. The lowest BCUT2D eigenvalue weighted by molar-refractivity contribution is -0.578. The summed E-state index contributed by atoms with van der Waals surface area (Å²) in [6.07, 6.45) is 0. The second-order valence-corrected chi connectivity index (χ2v) is 8.79. The van der Waals surface area contributed by atoms with Crippen molar-refractivity contribution in [3.05, 3.63) is 111 Å². The van der Waals surface area contributed by atoms with Gasteiger partial charge in [-0.05, 0) is 42.3 Å². The fourth-order valence-electron chi connectivity index (χ4n) is 6.14. The lowest BCUT2D eigenvalue weighted by Gasteiger charge is -2.48. The van der Waals surface area contributed by atoms with E-state index in [0.717, 1.165) is 16.0 Å². The molecule has 2 amide bonds. The molecule has 7 heteroatoms. The van der Waals surface area contributed by atoms with Gasteiger partial charge in [-0.1, -0.05) is 48.5 Å². The Morgan fingerprint density at radius 2 is 1.42 bits per heavy atom. The monoisotopic (exact) mass is 438 g/mol. The van der Waals surface area contributed by atoms with Crippen LogP contribution in [0.25, 0.3) is 0 Å². The van der Waals surface area contributed by atoms with Crippen LogP contribution in [-0.2, 0) is 15.1 Å². The van der Waals surface area contributed by atoms with Crippen LogP contribution in [0.2, 0.25) is 0 Å². The predicted molar refractivity (Wildman–Crippen MR) is 118 cm³/mol. The molecule has 3 aromatic rings. The van der Waals surface area contributed by atoms with Gasteiger partial charge in [-0.3, -0.25) is 24.5 Å². The fourth-order valence-corrected chi connectivity index (χ4v) is 6.14. The van der Waals surface area contributed by atoms with Crippen LogP contribution in [0.1, 0.15) is 45.5 Å². The van der Waals surface area contributed by atoms with E-state index in [1.165, 1.54) is 6.92 Å². The molecule has 3 aromatic carbocycles. The second kappa shape index (κ2) is 6.45. The van der Waals surface area contributed by atoms with E-state index in [4.69, 9.17) is 0 Å². The highest BCUT2D eigenvalue weighted by molar-refractivity contribution is 6.23. The summed E-state index contributed by atoms with van der Waals surface area (Å²) < 4.78 is 0. The summed E-state index contributed by atoms with van der Waals surface area (Å²) in [5.74, 6) is -3.62. The Morgan fingerprint density at radius 1 is 0.879 bits per heavy atom. The third-order valence-corrected chi connectivity index (χ3v) is 7.39. The third kappa shape index (κ3) is 2.21. The van der Waals surface area contributed by atoms with Crippen molar-refractivity contribution in [2.75, 3.05) is 4.90 Å². The summed E-state index contributed by atoms with van der Waals surface area (Å²) in [6.45, 7) is 1.43. The van der Waals surface area contributed by atoms with E-state index in [0.29, 0.717) is 22.4 Å². The number of ketones is 1. The molecule has 2 bridgehead atoms. The maximum absolute atomic E-state index is 13.8. The van der Waals surface area contributed by atoms with Crippen molar-refractivity contribution >= 4 is 23.3 Å². The molecular formula is C26H18N2O5. The Morgan fingerprint density at radius 3 is 1.94 bits per heavy atom. The largest absolute Gasteiger partial charge is 0.295 e. The summed E-state index contributed by atoms with van der Waals surface area (Å²) >= 11 is 0. The number of hydrogen-bond donors (Lipinski definition) is 0. The number of carbonyl (C=O) groups is 3. The first-order valence-corrected chi connectivity index (χ1v) is 10.7. The molecule has 1 heterocycles. The van der Waals surface area contributed by atoms with Gasteiger partial charge >= 0.3 is 0 Å². The van der Waals surface area contributed by atoms with Crippen LogP contribution in [-0.4, -0.2) is 22.5 Å². The molecule has 0 saturated carbocycles. The average Bonchev–Trinajstić information content (AvgIpc) is 3.09. The van der Waals surface area contributed by atoms with E-state index >= 15 is 0 Å². The number of hydrogen-bond acceptors (Lipinski definition) is 5. The van der Waals surface area contributed by atoms with Gasteiger partial charge in [-0.2, -0.15) is 0 Å². The van der Waals surface area contributed by atoms with Gasteiger partial charge in [-0.15, -0.1) is 0 Å². The molecule has 4 aliphatic rings. The summed E-state index contributed by atoms with van der Waals surface area (Å²) in [4.78, 5) is 52.8. The minimum atomic E-state index is -1.84. The first-order chi connectivity index (χ1) is 15.9. The smallest absolute Gasteiger partial charge is 0.285 e. The van der Waals surface area contributed by atoms with E-state index in [2.05, 4.69) is 0 Å². The number of rotatable bonds is 3. The number of amides is 2. The molecular weight excluding hydrogens is 420 g/mol. The number of carbonyl (C=O) groups excluding carboxylic acids is 3. The summed E-state index contributed by atoms with van der Waals surface area (Å²) in [7, 11) is 0. The zero-order chi connectivity index (χ0) is 23.1. The Balaban J connectivity index is 1.61. The zero-order valence-electron chi connectivity index (χ0n) is 17.6. The van der Waals surface area contributed by atoms with Crippen molar-refractivity contribution in [2.45, 2.75) is 18.4 Å². The highest BCUT2D eigenvalue weighted by Gasteiger charge is 2.74. The fraction of sp³-hybridized carbons (Fsp3) is 0.192. The normalized spacial score (nSPS) is 26.6. The van der Waals surface area contributed by atoms with Crippen molar-refractivity contribution in [2.24, 2.45) is 11.8 Å². The van der Waals surface area contributed by atoms with Gasteiger partial charge in [-0.25, -0.2) is 4.90 Å². The van der Waals surface area contributed by atoms with E-state index in [-0.39, 0.29) is 10.7 Å². The first kappa shape index (κ1) is 19.5. The molecule has 33 heavy (non-hydrogen) atoms. The number of nitro groups is 1. The summed E-state index contributed by atoms with van der Waals surface area (Å²) in [5.41, 5.74) is 1.35. The molecule has 0 spiro atoms. The van der Waals surface area contributed by atoms with Crippen molar-refractivity contribution in [3.63, 3.8) is 0 Å². The molecule has 0 N–H and O–H groups in total. The Hall–Kier alpha value is -4.13. The topological polar surface area (TPSA) is 97.6 Å². The number of anilines is 1. The highest BCUT2D eigenvalue weighted by Crippen LogP contribution is 2.64. The molecule has 7 nitrogen and oxygen atoms in total. The van der Waals surface area contributed by atoms with Gasteiger partial charge in [0.15, 0.2) is 5.78 Å². The number of nitrogens with zero attached hydrogens (tertiary/aromatic N) is 2. The van der Waals surface area contributed by atoms with E-state index in [1.807, 2.05) is 24.3 Å². The van der Waals surface area contributed by atoms with E-state index in [1.54, 1.807) is 48.5 Å². The van der Waals surface area contributed by atoms with Gasteiger partial charge < -0.3 is 0 Å². The van der Waals surface area contributed by atoms with Crippen LogP contribution in [0.15, 0.2) is 72.8 Å². The van der Waals surface area contributed by atoms with Crippen molar-refractivity contribution in [1.29, 1.82) is 0 Å². The van der Waals surface area contributed by atoms with Crippen LogP contribution in [0.3, 0.4) is 0 Å². The van der Waals surface area contributed by atoms with Crippen molar-refractivity contribution < 1.29 is 19.3 Å². The number of benzene rings is 3. The average molecular weight is 438 g/mol. The van der Waals surface area contributed by atoms with Gasteiger partial charge in [0.1, 0.15) is 5.92 Å². The number of imide groups is 1. The minimum absolute atomic E-state index is 0.134. The molecule has 1 saturated heterocycles. The number of Topliss-reactive ketones (excluding diaryl/α,β-unsaturated/α-hetero) is 1. The Labute approximate surface area is 188 Å². The lowest BCUT2D eigenvalue weighted by Crippen LogP contribution is -2.57. The van der Waals surface area contributed by atoms with Gasteiger partial charge in [0, 0.05) is 27.5 Å². The van der Waals surface area contributed by atoms with Crippen LogP contribution in [0.5, 0.6) is 0 Å². The quantitative estimate of drug-likeness (QED) is 0.269. The van der Waals surface area contributed by atoms with Crippen LogP contribution in [0.4, 0.5) is 5.69 Å². The van der Waals surface area contributed by atoms with Crippen LogP contribution < -0.4 is 4.90 Å². The molecule has 7 rings (SSSR count). The minimum Gasteiger partial charge on any atom is -0.295 e. The zero-order valence-corrected chi connectivity index (χ0v) is 17.6. The van der Waals surface area contributed by atoms with E-state index in [9.17, 15) is 24.5 Å². The second-order valence-electron chi connectivity index (χ2n) is 8.79. The molecule has 0 aromatic heterocycles. The molecule has 162 valence electrons. The van der Waals surface area contributed by atoms with Crippen molar-refractivity contribution in [1.82, 2.24) is 0 Å². The highest BCUT2D eigenvalue weighted by atomic mass is 16.6. The van der Waals surface area contributed by atoms with Crippen LogP contribution >= 0.6 is 0 Å². The first-order valence-electron chi connectivity index (χ1n) is 10.7. The molecule has 2 atom stereocenters. The maximum Gasteiger partial charge on any atom is 0.285 e. The molecule has 0 unspecified atom stereocenters. The Bertz CT molecular complexity index is 1350. The SMILES string of the molecule is CC(=O)c1ccc(N2C(=O)[C@@H]3C4c5ccccc5C([N+](=O)[O-])(c5ccccc54)[C@H]3C2=O)cc1. The lowest BCUT2D eigenvalue weighted by atomic mass is 9.51. The molecule has 1 fully saturated rings. The van der Waals surface area contributed by atoms with Crippen LogP contribution in [0, 0.1) is 22.0 Å². The van der Waals surface area contributed by atoms with Crippen molar-refractivity contribution in [3.8, 4) is 0 Å². The van der Waals surface area contributed by atoms with E-state index < -0.39 is 35.1 Å².